The highest BCUT2D eigenvalue weighted by Crippen LogP contribution is 2.35. The summed E-state index contributed by atoms with van der Waals surface area (Å²) in [4.78, 5) is 11.6. The fourth-order valence-corrected chi connectivity index (χ4v) is 2.02. The summed E-state index contributed by atoms with van der Waals surface area (Å²) in [5, 5.41) is 11.0. The van der Waals surface area contributed by atoms with E-state index in [0.29, 0.717) is 12.8 Å². The first kappa shape index (κ1) is 18.5. The summed E-state index contributed by atoms with van der Waals surface area (Å²) >= 11 is 5.52. The van der Waals surface area contributed by atoms with Crippen LogP contribution in [0.5, 0.6) is 0 Å². The number of aliphatic hydroxyl groups is 1. The minimum Gasteiger partial charge on any atom is -0.396 e. The van der Waals surface area contributed by atoms with Crippen molar-refractivity contribution >= 4 is 23.6 Å². The molecular weight excluding hydrogens is 319 g/mol. The number of hydrogen-bond acceptors (Lipinski definition) is 2. The molecule has 0 saturated carbocycles. The van der Waals surface area contributed by atoms with Crippen LogP contribution < -0.4 is 5.32 Å². The van der Waals surface area contributed by atoms with E-state index < -0.39 is 17.6 Å². The molecule has 0 aliphatic carbocycles. The summed E-state index contributed by atoms with van der Waals surface area (Å²) in [6.45, 7) is 1.83. The first-order valence-corrected chi connectivity index (χ1v) is 7.08. The number of alkyl halides is 3. The molecule has 0 saturated heterocycles. The zero-order chi connectivity index (χ0) is 16.8. The van der Waals surface area contributed by atoms with E-state index in [0.717, 1.165) is 12.1 Å². The standard InChI is InChI=1S/C15H17ClF3NO2/c1-10(3-2-8-21)20-14(22)7-5-11-4-6-13(16)12(9-11)15(17,18)19/h4-7,9-10,21H,2-3,8H2,1H3,(H,20,22)/b7-5+. The lowest BCUT2D eigenvalue weighted by Gasteiger charge is -2.11. The quantitative estimate of drug-likeness (QED) is 0.780. The number of hydrogen-bond donors (Lipinski definition) is 2. The van der Waals surface area contributed by atoms with Crippen molar-refractivity contribution in [2.24, 2.45) is 0 Å². The molecule has 1 atom stereocenters. The smallest absolute Gasteiger partial charge is 0.396 e. The first-order valence-electron chi connectivity index (χ1n) is 6.70. The van der Waals surface area contributed by atoms with Gasteiger partial charge in [-0.25, -0.2) is 0 Å². The molecule has 1 rings (SSSR count). The van der Waals surface area contributed by atoms with E-state index in [1.54, 1.807) is 6.92 Å². The number of nitrogens with one attached hydrogen (secondary N) is 1. The van der Waals surface area contributed by atoms with Gasteiger partial charge in [-0.05, 0) is 43.5 Å². The largest absolute Gasteiger partial charge is 0.417 e. The van der Waals surface area contributed by atoms with E-state index in [1.807, 2.05) is 0 Å². The van der Waals surface area contributed by atoms with Crippen LogP contribution in [-0.2, 0) is 11.0 Å². The average molecular weight is 336 g/mol. The number of rotatable bonds is 6. The molecule has 7 heteroatoms. The average Bonchev–Trinajstić information content (AvgIpc) is 2.43. The third-order valence-electron chi connectivity index (χ3n) is 2.91. The zero-order valence-electron chi connectivity index (χ0n) is 12.0. The highest BCUT2D eigenvalue weighted by atomic mass is 35.5. The van der Waals surface area contributed by atoms with Crippen LogP contribution in [0.3, 0.4) is 0 Å². The van der Waals surface area contributed by atoms with E-state index in [9.17, 15) is 18.0 Å². The predicted molar refractivity (Wildman–Crippen MR) is 79.4 cm³/mol. The van der Waals surface area contributed by atoms with Gasteiger partial charge in [-0.1, -0.05) is 17.7 Å². The van der Waals surface area contributed by atoms with Gasteiger partial charge in [0.05, 0.1) is 10.6 Å². The van der Waals surface area contributed by atoms with Crippen LogP contribution in [-0.4, -0.2) is 23.7 Å². The van der Waals surface area contributed by atoms with Gasteiger partial charge in [0.15, 0.2) is 0 Å². The van der Waals surface area contributed by atoms with Crippen molar-refractivity contribution in [1.29, 1.82) is 0 Å². The Labute approximate surface area is 131 Å². The summed E-state index contributed by atoms with van der Waals surface area (Å²) in [5.74, 6) is -0.408. The predicted octanol–water partition coefficient (Wildman–Crippen LogP) is 3.65. The van der Waals surface area contributed by atoms with Gasteiger partial charge in [0.2, 0.25) is 5.91 Å². The molecule has 1 unspecified atom stereocenters. The molecule has 3 nitrogen and oxygen atoms in total. The number of aliphatic hydroxyl groups excluding tert-OH is 1. The topological polar surface area (TPSA) is 49.3 Å². The van der Waals surface area contributed by atoms with Crippen molar-refractivity contribution in [2.75, 3.05) is 6.61 Å². The van der Waals surface area contributed by atoms with Crippen molar-refractivity contribution in [3.05, 3.63) is 40.4 Å². The van der Waals surface area contributed by atoms with Gasteiger partial charge in [-0.15, -0.1) is 0 Å². The van der Waals surface area contributed by atoms with Crippen LogP contribution in [0.15, 0.2) is 24.3 Å². The molecule has 22 heavy (non-hydrogen) atoms. The molecule has 0 aromatic heterocycles. The zero-order valence-corrected chi connectivity index (χ0v) is 12.7. The molecule has 1 aromatic carbocycles. The van der Waals surface area contributed by atoms with Gasteiger partial charge in [-0.2, -0.15) is 13.2 Å². The highest BCUT2D eigenvalue weighted by molar-refractivity contribution is 6.31. The van der Waals surface area contributed by atoms with Crippen molar-refractivity contribution in [1.82, 2.24) is 5.32 Å². The third kappa shape index (κ3) is 6.07. The summed E-state index contributed by atoms with van der Waals surface area (Å²) in [7, 11) is 0. The lowest BCUT2D eigenvalue weighted by molar-refractivity contribution is -0.137. The fraction of sp³-hybridized carbons (Fsp3) is 0.400. The second-order valence-corrected chi connectivity index (χ2v) is 5.25. The molecule has 0 spiro atoms. The number of amides is 1. The minimum atomic E-state index is -4.54. The first-order chi connectivity index (χ1) is 10.2. The molecule has 2 N–H and O–H groups in total. The molecule has 122 valence electrons. The Morgan fingerprint density at radius 1 is 1.45 bits per heavy atom. The van der Waals surface area contributed by atoms with Crippen molar-refractivity contribution in [3.63, 3.8) is 0 Å². The van der Waals surface area contributed by atoms with Crippen LogP contribution in [0.2, 0.25) is 5.02 Å². The molecular formula is C15H17ClF3NO2. The van der Waals surface area contributed by atoms with E-state index in [-0.39, 0.29) is 23.2 Å². The Hall–Kier alpha value is -1.53. The molecule has 0 aliphatic rings. The van der Waals surface area contributed by atoms with Gasteiger partial charge in [0.25, 0.3) is 0 Å². The Morgan fingerprint density at radius 3 is 2.73 bits per heavy atom. The highest BCUT2D eigenvalue weighted by Gasteiger charge is 2.33. The molecule has 0 fully saturated rings. The lowest BCUT2D eigenvalue weighted by Crippen LogP contribution is -2.31. The lowest BCUT2D eigenvalue weighted by atomic mass is 10.1. The van der Waals surface area contributed by atoms with Crippen LogP contribution in [0.4, 0.5) is 13.2 Å². The Balaban J connectivity index is 2.72. The minimum absolute atomic E-state index is 0.0427. The van der Waals surface area contributed by atoms with Crippen LogP contribution in [0, 0.1) is 0 Å². The summed E-state index contributed by atoms with van der Waals surface area (Å²) in [6.07, 6.45) is -0.896. The van der Waals surface area contributed by atoms with Crippen LogP contribution in [0.1, 0.15) is 30.9 Å². The number of benzene rings is 1. The number of halogens is 4. The van der Waals surface area contributed by atoms with Gasteiger partial charge in [0, 0.05) is 18.7 Å². The number of carbonyl (C=O) groups is 1. The van der Waals surface area contributed by atoms with Crippen LogP contribution in [0.25, 0.3) is 6.08 Å². The molecule has 0 radical (unpaired) electrons. The van der Waals surface area contributed by atoms with Crippen molar-refractivity contribution in [2.45, 2.75) is 32.0 Å². The SMILES string of the molecule is CC(CCCO)NC(=O)/C=C/c1ccc(Cl)c(C(F)(F)F)c1. The monoisotopic (exact) mass is 335 g/mol. The van der Waals surface area contributed by atoms with E-state index in [4.69, 9.17) is 16.7 Å². The normalized spacial score (nSPS) is 13.4. The van der Waals surface area contributed by atoms with E-state index in [1.165, 1.54) is 18.2 Å². The number of carbonyl (C=O) groups excluding carboxylic acids is 1. The van der Waals surface area contributed by atoms with Gasteiger partial charge in [0.1, 0.15) is 0 Å². The maximum atomic E-state index is 12.7. The maximum Gasteiger partial charge on any atom is 0.417 e. The summed E-state index contributed by atoms with van der Waals surface area (Å²) in [5.41, 5.74) is -0.706. The second-order valence-electron chi connectivity index (χ2n) is 4.85. The van der Waals surface area contributed by atoms with Gasteiger partial charge >= 0.3 is 6.18 Å². The molecule has 0 heterocycles. The fourth-order valence-electron chi connectivity index (χ4n) is 1.80. The van der Waals surface area contributed by atoms with Gasteiger partial charge in [-0.3, -0.25) is 4.79 Å². The Bertz CT molecular complexity index is 544. The van der Waals surface area contributed by atoms with Crippen LogP contribution >= 0.6 is 11.6 Å². The van der Waals surface area contributed by atoms with Crippen molar-refractivity contribution in [3.8, 4) is 0 Å². The molecule has 0 bridgehead atoms. The summed E-state index contributed by atoms with van der Waals surface area (Å²) in [6, 6.07) is 3.31. The molecule has 1 aromatic rings. The Kier molecular flexibility index (Phi) is 6.90. The molecule has 1 amide bonds. The van der Waals surface area contributed by atoms with E-state index in [2.05, 4.69) is 5.32 Å². The van der Waals surface area contributed by atoms with E-state index >= 15 is 0 Å². The van der Waals surface area contributed by atoms with Crippen molar-refractivity contribution < 1.29 is 23.1 Å². The summed E-state index contributed by atoms with van der Waals surface area (Å²) < 4.78 is 38.1. The second kappa shape index (κ2) is 8.19. The molecule has 0 aliphatic heterocycles. The van der Waals surface area contributed by atoms with Gasteiger partial charge < -0.3 is 10.4 Å². The Morgan fingerprint density at radius 2 is 2.14 bits per heavy atom. The third-order valence-corrected chi connectivity index (χ3v) is 3.24. The maximum absolute atomic E-state index is 12.7.